The van der Waals surface area contributed by atoms with E-state index in [9.17, 15) is 4.79 Å². The first-order valence-corrected chi connectivity index (χ1v) is 16.1. The maximum absolute atomic E-state index is 12.8. The molecule has 7 rings (SSSR count). The van der Waals surface area contributed by atoms with Crippen LogP contribution >= 0.6 is 0 Å². The molecule has 0 saturated carbocycles. The summed E-state index contributed by atoms with van der Waals surface area (Å²) in [4.78, 5) is 29.2. The number of nitrogens with zero attached hydrogens (tertiary/aromatic N) is 6. The predicted octanol–water partition coefficient (Wildman–Crippen LogP) is 7.31. The van der Waals surface area contributed by atoms with Gasteiger partial charge in [0.25, 0.3) is 0 Å². The van der Waals surface area contributed by atoms with Crippen molar-refractivity contribution in [1.82, 2.24) is 29.8 Å². The molecule has 1 fully saturated rings. The summed E-state index contributed by atoms with van der Waals surface area (Å²) in [5, 5.41) is 8.76. The summed E-state index contributed by atoms with van der Waals surface area (Å²) in [7, 11) is 0. The average molecular weight is 616 g/mol. The number of aryl methyl sites for hydroxylation is 1. The highest BCUT2D eigenvalue weighted by Gasteiger charge is 2.25. The summed E-state index contributed by atoms with van der Waals surface area (Å²) in [5.41, 5.74) is 9.19. The second kappa shape index (κ2) is 15.1. The third kappa shape index (κ3) is 7.23. The van der Waals surface area contributed by atoms with Crippen molar-refractivity contribution in [3.63, 3.8) is 0 Å². The molecule has 0 radical (unpaired) electrons. The van der Waals surface area contributed by atoms with Crippen LogP contribution in [0.15, 0.2) is 89.6 Å². The number of amides is 1. The maximum atomic E-state index is 12.8. The van der Waals surface area contributed by atoms with Gasteiger partial charge < -0.3 is 5.32 Å². The smallest absolute Gasteiger partial charge is 0.223 e. The van der Waals surface area contributed by atoms with Crippen LogP contribution in [0, 0.1) is 12.8 Å². The Morgan fingerprint density at radius 2 is 1.74 bits per heavy atom. The Kier molecular flexibility index (Phi) is 10.7. The van der Waals surface area contributed by atoms with Gasteiger partial charge in [-0.25, -0.2) is 9.97 Å². The lowest BCUT2D eigenvalue weighted by atomic mass is 9.95. The number of hydrogen-bond donors (Lipinski definition) is 1. The first-order chi connectivity index (χ1) is 22.1. The minimum atomic E-state index is 0. The van der Waals surface area contributed by atoms with Crippen LogP contribution in [-0.4, -0.2) is 62.8 Å². The van der Waals surface area contributed by atoms with E-state index in [1.807, 2.05) is 55.9 Å². The fourth-order valence-corrected chi connectivity index (χ4v) is 6.11. The fourth-order valence-electron chi connectivity index (χ4n) is 6.11. The number of carbonyl (C=O) groups excluding carboxylic acids is 1. The lowest BCUT2D eigenvalue weighted by molar-refractivity contribution is -0.126. The highest BCUT2D eigenvalue weighted by molar-refractivity contribution is 5.90. The Hall–Kier alpha value is -4.69. The Morgan fingerprint density at radius 1 is 0.978 bits per heavy atom. The molecule has 1 N–H and O–H groups in total. The Labute approximate surface area is 272 Å². The molecule has 5 heterocycles. The number of carbonyl (C=O) groups is 1. The number of hydrogen-bond acceptors (Lipinski definition) is 6. The molecule has 2 aromatic carbocycles. The Balaban J connectivity index is 0.00000136. The molecule has 238 valence electrons. The fraction of sp³-hybridized carbons (Fsp3) is 0.342. The van der Waals surface area contributed by atoms with E-state index in [1.165, 1.54) is 11.1 Å². The van der Waals surface area contributed by atoms with Crippen molar-refractivity contribution in [2.45, 2.75) is 54.0 Å². The molecular formula is C38H45N7O. The van der Waals surface area contributed by atoms with Gasteiger partial charge in [-0.1, -0.05) is 75.9 Å². The molecule has 1 saturated heterocycles. The van der Waals surface area contributed by atoms with Crippen molar-refractivity contribution in [3.05, 3.63) is 95.8 Å². The van der Waals surface area contributed by atoms with Crippen LogP contribution in [0.4, 0.5) is 0 Å². The van der Waals surface area contributed by atoms with Crippen molar-refractivity contribution in [2.24, 2.45) is 10.9 Å². The van der Waals surface area contributed by atoms with Gasteiger partial charge in [0.05, 0.1) is 11.4 Å². The molecule has 0 bridgehead atoms. The van der Waals surface area contributed by atoms with Gasteiger partial charge in [-0.15, -0.1) is 0 Å². The highest BCUT2D eigenvalue weighted by atomic mass is 16.1. The van der Waals surface area contributed by atoms with Crippen LogP contribution < -0.4 is 5.32 Å². The van der Waals surface area contributed by atoms with Crippen LogP contribution in [0.2, 0.25) is 0 Å². The molecule has 2 aliphatic heterocycles. The highest BCUT2D eigenvalue weighted by Crippen LogP contribution is 2.34. The van der Waals surface area contributed by atoms with Gasteiger partial charge in [0.1, 0.15) is 0 Å². The molecule has 0 atom stereocenters. The van der Waals surface area contributed by atoms with Gasteiger partial charge >= 0.3 is 0 Å². The predicted molar refractivity (Wildman–Crippen MR) is 189 cm³/mol. The molecule has 0 aliphatic carbocycles. The number of rotatable bonds is 7. The van der Waals surface area contributed by atoms with Crippen molar-refractivity contribution in [2.75, 3.05) is 26.2 Å². The quantitative estimate of drug-likeness (QED) is 0.207. The molecule has 5 aromatic rings. The van der Waals surface area contributed by atoms with E-state index in [2.05, 4.69) is 79.9 Å². The van der Waals surface area contributed by atoms with E-state index in [4.69, 9.17) is 4.98 Å². The molecule has 0 unspecified atom stereocenters. The van der Waals surface area contributed by atoms with E-state index in [-0.39, 0.29) is 19.3 Å². The number of nitrogens with one attached hydrogen (secondary N) is 1. The van der Waals surface area contributed by atoms with E-state index in [0.717, 1.165) is 90.2 Å². The van der Waals surface area contributed by atoms with Crippen LogP contribution in [0.1, 0.15) is 51.8 Å². The summed E-state index contributed by atoms with van der Waals surface area (Å²) < 4.78 is 1.84. The first-order valence-electron chi connectivity index (χ1n) is 16.1. The largest absolute Gasteiger partial charge is 0.352 e. The third-order valence-corrected chi connectivity index (χ3v) is 8.52. The zero-order valence-electron chi connectivity index (χ0n) is 26.4. The van der Waals surface area contributed by atoms with Gasteiger partial charge in [-0.3, -0.25) is 14.7 Å². The summed E-state index contributed by atoms with van der Waals surface area (Å²) in [6, 6.07) is 23.3. The SMILES string of the molecule is C.CC.Cc1cc2ncc3cc(-c4ccccc4)c(-c4ccc(CN5CCC(C(=O)NCC6=CC=NCC6)CC5)cc4)nc3n2n1. The number of aliphatic imine (C=N–C) groups is 1. The summed E-state index contributed by atoms with van der Waals surface area (Å²) in [6.45, 7) is 10.2. The summed E-state index contributed by atoms with van der Waals surface area (Å²) >= 11 is 0. The molecule has 46 heavy (non-hydrogen) atoms. The minimum Gasteiger partial charge on any atom is -0.352 e. The molecular weight excluding hydrogens is 570 g/mol. The van der Waals surface area contributed by atoms with Crippen molar-refractivity contribution in [3.8, 4) is 22.4 Å². The Bertz CT molecular complexity index is 1830. The van der Waals surface area contributed by atoms with Crippen LogP contribution in [0.5, 0.6) is 0 Å². The molecule has 2 aliphatic rings. The average Bonchev–Trinajstić information content (AvgIpc) is 3.50. The zero-order valence-corrected chi connectivity index (χ0v) is 26.4. The zero-order chi connectivity index (χ0) is 31.2. The number of aromatic nitrogens is 4. The normalized spacial score (nSPS) is 15.2. The number of piperidine rings is 1. The standard InChI is InChI=1S/C35H35N7O.C2H6.CH4/c1-24-19-32-37-22-30-20-31(27-5-3-2-4-6-27)33(39-34(30)42(32)40-24)28-9-7-26(8-10-28)23-41-17-13-29(14-18-41)35(43)38-21-25-11-15-36-16-12-25;1-2;/h2-11,15,19-20,22,29H,12-14,16-18,21,23H2,1H3,(H,38,43);1-2H3;1H4. The maximum Gasteiger partial charge on any atom is 0.223 e. The molecule has 1 amide bonds. The minimum absolute atomic E-state index is 0. The van der Waals surface area contributed by atoms with Gasteiger partial charge in [-0.05, 0) is 68.1 Å². The number of pyridine rings is 1. The monoisotopic (exact) mass is 615 g/mol. The van der Waals surface area contributed by atoms with E-state index < -0.39 is 0 Å². The molecule has 3 aromatic heterocycles. The summed E-state index contributed by atoms with van der Waals surface area (Å²) in [5.74, 6) is 0.273. The number of benzene rings is 2. The topological polar surface area (TPSA) is 87.8 Å². The van der Waals surface area contributed by atoms with Gasteiger partial charge in [-0.2, -0.15) is 9.61 Å². The van der Waals surface area contributed by atoms with E-state index in [0.29, 0.717) is 6.54 Å². The van der Waals surface area contributed by atoms with Crippen LogP contribution in [0.3, 0.4) is 0 Å². The second-order valence-electron chi connectivity index (χ2n) is 11.6. The molecule has 8 heteroatoms. The lowest BCUT2D eigenvalue weighted by Gasteiger charge is -2.31. The number of allylic oxidation sites excluding steroid dienone is 1. The van der Waals surface area contributed by atoms with Crippen LogP contribution in [-0.2, 0) is 11.3 Å². The van der Waals surface area contributed by atoms with Gasteiger partial charge in [0, 0.05) is 60.5 Å². The molecule has 8 nitrogen and oxygen atoms in total. The first kappa shape index (κ1) is 32.7. The van der Waals surface area contributed by atoms with Crippen molar-refractivity contribution >= 4 is 28.8 Å². The number of dihydropyridines is 1. The van der Waals surface area contributed by atoms with Gasteiger partial charge in [0.2, 0.25) is 5.91 Å². The number of likely N-dealkylation sites (tertiary alicyclic amines) is 1. The lowest BCUT2D eigenvalue weighted by Crippen LogP contribution is -2.40. The van der Waals surface area contributed by atoms with E-state index in [1.54, 1.807) is 0 Å². The molecule has 0 spiro atoms. The van der Waals surface area contributed by atoms with Crippen molar-refractivity contribution < 1.29 is 4.79 Å². The number of fused-ring (bicyclic) bond motifs is 3. The summed E-state index contributed by atoms with van der Waals surface area (Å²) in [6.07, 6.45) is 8.46. The van der Waals surface area contributed by atoms with Crippen molar-refractivity contribution in [1.29, 1.82) is 0 Å². The second-order valence-corrected chi connectivity index (χ2v) is 11.6. The van der Waals surface area contributed by atoms with E-state index >= 15 is 0 Å². The third-order valence-electron chi connectivity index (χ3n) is 8.52. The van der Waals surface area contributed by atoms with Gasteiger partial charge in [0.15, 0.2) is 11.3 Å². The Morgan fingerprint density at radius 3 is 2.46 bits per heavy atom. The van der Waals surface area contributed by atoms with Crippen LogP contribution in [0.25, 0.3) is 39.1 Å².